The molecule has 0 aromatic carbocycles. The van der Waals surface area contributed by atoms with Crippen LogP contribution in [-0.4, -0.2) is 11.8 Å². The number of nitriles is 2. The number of carbonyl (C=O) groups is 2. The maximum atomic E-state index is 12.5. The van der Waals surface area contributed by atoms with Crippen LogP contribution < -0.4 is 10.6 Å². The van der Waals surface area contributed by atoms with E-state index in [0.717, 1.165) is 91.8 Å². The first-order valence-electron chi connectivity index (χ1n) is 13.6. The summed E-state index contributed by atoms with van der Waals surface area (Å²) >= 11 is 3.15. The van der Waals surface area contributed by atoms with Crippen molar-refractivity contribution < 1.29 is 9.59 Å². The van der Waals surface area contributed by atoms with E-state index in [0.29, 0.717) is 35.8 Å². The Morgan fingerprint density at radius 3 is 1.57 bits per heavy atom. The molecule has 0 bridgehead atoms. The molecule has 0 fully saturated rings. The molecule has 2 N–H and O–H groups in total. The highest BCUT2D eigenvalue weighted by molar-refractivity contribution is 7.17. The van der Waals surface area contributed by atoms with Gasteiger partial charge in [-0.05, 0) is 74.3 Å². The first kappa shape index (κ1) is 27.4. The van der Waals surface area contributed by atoms with Gasteiger partial charge in [-0.15, -0.1) is 22.7 Å². The van der Waals surface area contributed by atoms with Crippen LogP contribution in [0.2, 0.25) is 0 Å². The van der Waals surface area contributed by atoms with Gasteiger partial charge in [-0.3, -0.25) is 9.59 Å². The predicted molar refractivity (Wildman–Crippen MR) is 150 cm³/mol. The summed E-state index contributed by atoms with van der Waals surface area (Å²) in [5.74, 6) is 1.21. The van der Waals surface area contributed by atoms with E-state index in [1.54, 1.807) is 22.7 Å². The largest absolute Gasteiger partial charge is 0.317 e. The molecule has 0 radical (unpaired) electrons. The van der Waals surface area contributed by atoms with Gasteiger partial charge < -0.3 is 10.6 Å². The van der Waals surface area contributed by atoms with Crippen LogP contribution in [0.15, 0.2) is 0 Å². The lowest BCUT2D eigenvalue weighted by Crippen LogP contribution is -2.12. The number of nitrogens with zero attached hydrogens (tertiary/aromatic N) is 2. The van der Waals surface area contributed by atoms with E-state index in [4.69, 9.17) is 0 Å². The van der Waals surface area contributed by atoms with Gasteiger partial charge in [-0.25, -0.2) is 0 Å². The number of unbranched alkanes of at least 4 members (excludes halogenated alkanes) is 4. The number of carbonyl (C=O) groups excluding carboxylic acids is 2. The number of amides is 2. The van der Waals surface area contributed by atoms with Gasteiger partial charge in [-0.2, -0.15) is 10.5 Å². The van der Waals surface area contributed by atoms with Gasteiger partial charge in [0.2, 0.25) is 11.8 Å². The molecule has 4 rings (SSSR count). The second-order valence-electron chi connectivity index (χ2n) is 10.7. The quantitative estimate of drug-likeness (QED) is 0.316. The maximum Gasteiger partial charge on any atom is 0.225 e. The van der Waals surface area contributed by atoms with Gasteiger partial charge >= 0.3 is 0 Å². The summed E-state index contributed by atoms with van der Waals surface area (Å²) in [7, 11) is 0. The molecule has 2 atom stereocenters. The van der Waals surface area contributed by atoms with Crippen LogP contribution >= 0.6 is 22.7 Å². The number of nitrogens with one attached hydrogen (secondary N) is 2. The Balaban J connectivity index is 1.12. The van der Waals surface area contributed by atoms with Gasteiger partial charge in [0.15, 0.2) is 0 Å². The van der Waals surface area contributed by atoms with Crippen molar-refractivity contribution in [3.63, 3.8) is 0 Å². The molecule has 0 saturated heterocycles. The number of anilines is 2. The van der Waals surface area contributed by atoms with Crippen LogP contribution in [0.25, 0.3) is 0 Å². The highest BCUT2D eigenvalue weighted by Gasteiger charge is 2.25. The van der Waals surface area contributed by atoms with E-state index >= 15 is 0 Å². The third-order valence-electron chi connectivity index (χ3n) is 7.56. The minimum Gasteiger partial charge on any atom is -0.317 e. The van der Waals surface area contributed by atoms with Gasteiger partial charge in [0.25, 0.3) is 0 Å². The van der Waals surface area contributed by atoms with Crippen molar-refractivity contribution in [1.29, 1.82) is 10.5 Å². The van der Waals surface area contributed by atoms with Crippen molar-refractivity contribution in [2.45, 2.75) is 97.3 Å². The zero-order valence-corrected chi connectivity index (χ0v) is 23.5. The molecule has 37 heavy (non-hydrogen) atoms. The molecule has 0 unspecified atom stereocenters. The van der Waals surface area contributed by atoms with Crippen LogP contribution in [0.1, 0.15) is 104 Å². The van der Waals surface area contributed by atoms with Crippen LogP contribution in [-0.2, 0) is 35.3 Å². The lowest BCUT2D eigenvalue weighted by molar-refractivity contribution is -0.117. The molecule has 2 heterocycles. The Kier molecular flexibility index (Phi) is 9.40. The molecule has 0 spiro atoms. The molecule has 6 nitrogen and oxygen atoms in total. The molecule has 196 valence electrons. The summed E-state index contributed by atoms with van der Waals surface area (Å²) in [6.45, 7) is 4.47. The van der Waals surface area contributed by atoms with Crippen LogP contribution in [0.4, 0.5) is 10.0 Å². The zero-order chi connectivity index (χ0) is 26.4. The lowest BCUT2D eigenvalue weighted by Gasteiger charge is -2.17. The minimum atomic E-state index is -0.0242. The number of hydrogen-bond donors (Lipinski definition) is 2. The maximum absolute atomic E-state index is 12.5. The first-order chi connectivity index (χ1) is 17.9. The van der Waals surface area contributed by atoms with Crippen LogP contribution in [0, 0.1) is 34.5 Å². The fourth-order valence-corrected chi connectivity index (χ4v) is 8.15. The van der Waals surface area contributed by atoms with Gasteiger partial charge in [-0.1, -0.05) is 33.1 Å². The normalized spacial score (nSPS) is 18.3. The highest BCUT2D eigenvalue weighted by atomic mass is 32.1. The monoisotopic (exact) mass is 536 g/mol. The highest BCUT2D eigenvalue weighted by Crippen LogP contribution is 2.40. The Labute approximate surface area is 228 Å². The summed E-state index contributed by atoms with van der Waals surface area (Å²) in [5, 5.41) is 26.6. The second-order valence-corrected chi connectivity index (χ2v) is 12.9. The number of hydrogen-bond acceptors (Lipinski definition) is 6. The summed E-state index contributed by atoms with van der Waals surface area (Å²) in [4.78, 5) is 27.4. The third kappa shape index (κ3) is 6.80. The molecule has 2 aromatic heterocycles. The Hall–Kier alpha value is -2.68. The van der Waals surface area contributed by atoms with E-state index in [9.17, 15) is 20.1 Å². The van der Waals surface area contributed by atoms with Crippen LogP contribution in [0.5, 0.6) is 0 Å². The van der Waals surface area contributed by atoms with Gasteiger partial charge in [0.05, 0.1) is 11.1 Å². The first-order valence-corrected chi connectivity index (χ1v) is 15.2. The Bertz CT molecular complexity index is 1140. The summed E-state index contributed by atoms with van der Waals surface area (Å²) < 4.78 is 0. The Morgan fingerprint density at radius 1 is 0.757 bits per heavy atom. The van der Waals surface area contributed by atoms with Crippen molar-refractivity contribution in [2.24, 2.45) is 11.8 Å². The molecule has 2 aromatic rings. The fraction of sp³-hybridized carbons (Fsp3) is 0.586. The van der Waals surface area contributed by atoms with Crippen molar-refractivity contribution >= 4 is 44.5 Å². The molecular formula is C29H36N4O2S2. The van der Waals surface area contributed by atoms with E-state index in [2.05, 4.69) is 36.6 Å². The van der Waals surface area contributed by atoms with E-state index in [1.165, 1.54) is 9.75 Å². The number of fused-ring (bicyclic) bond motifs is 2. The molecule has 0 saturated carbocycles. The molecular weight excluding hydrogens is 500 g/mol. The summed E-state index contributed by atoms with van der Waals surface area (Å²) in [6, 6.07) is 4.61. The van der Waals surface area contributed by atoms with E-state index < -0.39 is 0 Å². The molecule has 2 aliphatic carbocycles. The zero-order valence-electron chi connectivity index (χ0n) is 21.9. The molecule has 8 heteroatoms. The van der Waals surface area contributed by atoms with Crippen LogP contribution in [0.3, 0.4) is 0 Å². The van der Waals surface area contributed by atoms with E-state index in [1.807, 2.05) is 0 Å². The predicted octanol–water partition coefficient (Wildman–Crippen LogP) is 7.11. The van der Waals surface area contributed by atoms with Crippen molar-refractivity contribution in [2.75, 3.05) is 10.6 Å². The Morgan fingerprint density at radius 2 is 1.16 bits per heavy atom. The SMILES string of the molecule is C[C@@H]1CCc2c(sc(NC(=O)CCCCCCCC(=O)Nc3sc4c(c3C#N)CC[C@H](C)C4)c2C#N)C1. The second kappa shape index (κ2) is 12.7. The van der Waals surface area contributed by atoms with Crippen molar-refractivity contribution in [3.05, 3.63) is 32.0 Å². The number of rotatable bonds is 10. The molecule has 0 aliphatic heterocycles. The lowest BCUT2D eigenvalue weighted by atomic mass is 9.88. The third-order valence-corrected chi connectivity index (χ3v) is 9.90. The van der Waals surface area contributed by atoms with Crippen molar-refractivity contribution in [1.82, 2.24) is 0 Å². The summed E-state index contributed by atoms with van der Waals surface area (Å²) in [5.41, 5.74) is 3.61. The topological polar surface area (TPSA) is 106 Å². The summed E-state index contributed by atoms with van der Waals surface area (Å²) in [6.07, 6.45) is 11.4. The molecule has 2 aliphatic rings. The fourth-order valence-electron chi connectivity index (χ4n) is 5.39. The standard InChI is InChI=1S/C29H36N4O2S2/c1-18-10-12-20-22(16-30)28(36-24(20)14-18)32-26(34)8-6-4-3-5-7-9-27(35)33-29-23(17-31)21-13-11-19(2)15-25(21)37-29/h18-19H,3-15H2,1-2H3,(H,32,34)(H,33,35)/t18-,19+. The van der Waals surface area contributed by atoms with Crippen molar-refractivity contribution in [3.8, 4) is 12.1 Å². The average Bonchev–Trinajstić information content (AvgIpc) is 3.38. The van der Waals surface area contributed by atoms with E-state index in [-0.39, 0.29) is 11.8 Å². The van der Waals surface area contributed by atoms with Gasteiger partial charge in [0, 0.05) is 22.6 Å². The number of thiophene rings is 2. The molecule has 2 amide bonds. The smallest absolute Gasteiger partial charge is 0.225 e. The average molecular weight is 537 g/mol. The van der Waals surface area contributed by atoms with Gasteiger partial charge in [0.1, 0.15) is 22.1 Å². The minimum absolute atomic E-state index is 0.0242.